The number of hydrogen-bond acceptors (Lipinski definition) is 6. The van der Waals surface area contributed by atoms with Gasteiger partial charge in [0, 0.05) is 18.3 Å². The summed E-state index contributed by atoms with van der Waals surface area (Å²) in [7, 11) is 0. The zero-order valence-electron chi connectivity index (χ0n) is 17.5. The van der Waals surface area contributed by atoms with Crippen LogP contribution in [0.4, 0.5) is 14.6 Å². The van der Waals surface area contributed by atoms with Gasteiger partial charge in [-0.3, -0.25) is 14.3 Å². The maximum absolute atomic E-state index is 11.9. The van der Waals surface area contributed by atoms with Gasteiger partial charge >= 0.3 is 36.2 Å². The van der Waals surface area contributed by atoms with Crippen molar-refractivity contribution in [3.8, 4) is 11.6 Å². The smallest absolute Gasteiger partial charge is 0.453 e. The molecule has 3 heterocycles. The molecule has 0 atom stereocenters. The van der Waals surface area contributed by atoms with E-state index in [4.69, 9.17) is 0 Å². The van der Waals surface area contributed by atoms with Gasteiger partial charge in [-0.25, -0.2) is 4.98 Å². The maximum atomic E-state index is 11.9. The summed E-state index contributed by atoms with van der Waals surface area (Å²) in [5.74, 6) is 0.705. The first-order valence-corrected chi connectivity index (χ1v) is 9.58. The Morgan fingerprint density at radius 2 is 2.00 bits per heavy atom. The van der Waals surface area contributed by atoms with E-state index in [0.717, 1.165) is 29.6 Å². The van der Waals surface area contributed by atoms with Crippen LogP contribution in [0.1, 0.15) is 31.4 Å². The predicted molar refractivity (Wildman–Crippen MR) is 108 cm³/mol. The van der Waals surface area contributed by atoms with E-state index < -0.39 is 6.61 Å². The number of ether oxygens (including phenoxy) is 1. The molecule has 1 fully saturated rings. The van der Waals surface area contributed by atoms with Crippen LogP contribution >= 0.6 is 0 Å². The fourth-order valence-electron chi connectivity index (χ4n) is 3.20. The van der Waals surface area contributed by atoms with Gasteiger partial charge in [-0.1, -0.05) is 25.1 Å². The van der Waals surface area contributed by atoms with E-state index in [2.05, 4.69) is 31.2 Å². The normalized spacial score (nSPS) is 13.2. The van der Waals surface area contributed by atoms with Crippen molar-refractivity contribution in [2.45, 2.75) is 45.3 Å². The number of pyridine rings is 2. The van der Waals surface area contributed by atoms with Gasteiger partial charge in [-0.05, 0) is 44.2 Å². The van der Waals surface area contributed by atoms with E-state index in [-0.39, 0.29) is 41.0 Å². The maximum Gasteiger partial charge on any atom is 1.00 e. The van der Waals surface area contributed by atoms with Crippen LogP contribution in [0.3, 0.4) is 0 Å². The Kier molecular flexibility index (Phi) is 10.0. The Balaban J connectivity index is 0.000000264. The molecule has 3 aromatic heterocycles. The van der Waals surface area contributed by atoms with Crippen LogP contribution in [0.2, 0.25) is 0 Å². The van der Waals surface area contributed by atoms with Crippen LogP contribution in [0.25, 0.3) is 5.69 Å². The number of rotatable bonds is 5. The van der Waals surface area contributed by atoms with Gasteiger partial charge in [0.25, 0.3) is 5.56 Å². The van der Waals surface area contributed by atoms with Gasteiger partial charge in [0.2, 0.25) is 0 Å². The Hall–Kier alpha value is -2.36. The number of halogens is 2. The molecule has 1 aliphatic carbocycles. The minimum absolute atomic E-state index is 0. The molecule has 10 heteroatoms. The van der Waals surface area contributed by atoms with Crippen molar-refractivity contribution in [2.24, 2.45) is 0 Å². The molecule has 0 bridgehead atoms. The largest absolute Gasteiger partial charge is 1.00 e. The van der Waals surface area contributed by atoms with Crippen molar-refractivity contribution in [3.63, 3.8) is 0 Å². The summed E-state index contributed by atoms with van der Waals surface area (Å²) in [6.45, 7) is -0.911. The van der Waals surface area contributed by atoms with Crippen LogP contribution in [-0.2, 0) is 0 Å². The van der Waals surface area contributed by atoms with Crippen LogP contribution in [0, 0.1) is 13.1 Å². The van der Waals surface area contributed by atoms with Crippen molar-refractivity contribution in [1.82, 2.24) is 19.5 Å². The molecular formula is C21H22F2N5NaO2. The fraction of sp³-hybridized carbons (Fsp3) is 0.333. The molecule has 1 saturated carbocycles. The molecule has 0 spiro atoms. The van der Waals surface area contributed by atoms with Crippen molar-refractivity contribution in [2.75, 3.05) is 5.32 Å². The van der Waals surface area contributed by atoms with Gasteiger partial charge in [0.1, 0.15) is 5.82 Å². The van der Waals surface area contributed by atoms with Gasteiger partial charge in [-0.2, -0.15) is 8.78 Å². The molecule has 0 aliphatic heterocycles. The van der Waals surface area contributed by atoms with E-state index in [1.807, 2.05) is 25.1 Å². The van der Waals surface area contributed by atoms with Crippen molar-refractivity contribution in [3.05, 3.63) is 71.2 Å². The summed E-state index contributed by atoms with van der Waals surface area (Å²) < 4.78 is 28.4. The predicted octanol–water partition coefficient (Wildman–Crippen LogP) is 0.778. The van der Waals surface area contributed by atoms with E-state index in [0.29, 0.717) is 6.04 Å². The molecule has 3 aromatic rings. The minimum atomic E-state index is -2.85. The molecule has 0 saturated heterocycles. The number of nitrogens with one attached hydrogen (secondary N) is 1. The van der Waals surface area contributed by atoms with Crippen LogP contribution in [-0.4, -0.2) is 32.2 Å². The minimum Gasteiger partial charge on any atom is -0.453 e. The number of alkyl halides is 2. The molecule has 4 rings (SSSR count). The molecule has 0 amide bonds. The molecule has 158 valence electrons. The van der Waals surface area contributed by atoms with Crippen molar-refractivity contribution < 1.29 is 43.1 Å². The van der Waals surface area contributed by atoms with Crippen molar-refractivity contribution >= 4 is 5.82 Å². The topological polar surface area (TPSA) is 81.9 Å². The van der Waals surface area contributed by atoms with Crippen LogP contribution in [0.5, 0.6) is 5.88 Å². The summed E-state index contributed by atoms with van der Waals surface area (Å²) in [6, 6.07) is 9.63. The standard InChI is InChI=1S/C16H19N3O.C5H3F2N2O.Na/c1-12-14(19-11-5-4-8-16(19)20)9-10-15(17-12)18-13-6-2-3-7-13;6-5(7)10-4-3-8-1-2-9-4;/h4-5,8-11,13H,2-3,6-7H2,1H3,(H,17,18);2-3,5H;/q;-1;+1. The second-order valence-corrected chi connectivity index (χ2v) is 6.70. The summed E-state index contributed by atoms with van der Waals surface area (Å²) >= 11 is 0. The first kappa shape index (κ1) is 24.9. The number of aryl methyl sites for hydroxylation is 1. The molecule has 0 aromatic carbocycles. The van der Waals surface area contributed by atoms with Gasteiger partial charge in [-0.15, -0.1) is 6.20 Å². The van der Waals surface area contributed by atoms with Gasteiger partial charge in [0.05, 0.1) is 11.4 Å². The number of nitrogens with zero attached hydrogens (tertiary/aromatic N) is 4. The molecule has 1 aliphatic rings. The number of anilines is 1. The third-order valence-electron chi connectivity index (χ3n) is 4.56. The van der Waals surface area contributed by atoms with E-state index in [1.165, 1.54) is 25.7 Å². The monoisotopic (exact) mass is 437 g/mol. The average molecular weight is 437 g/mol. The third-order valence-corrected chi connectivity index (χ3v) is 4.56. The molecular weight excluding hydrogens is 415 g/mol. The van der Waals surface area contributed by atoms with E-state index in [9.17, 15) is 13.6 Å². The first-order chi connectivity index (χ1) is 14.5. The fourth-order valence-corrected chi connectivity index (χ4v) is 3.20. The summed E-state index contributed by atoms with van der Waals surface area (Å²) in [5.41, 5.74) is 1.67. The van der Waals surface area contributed by atoms with Crippen LogP contribution < -0.4 is 45.2 Å². The Labute approximate surface area is 201 Å². The second kappa shape index (κ2) is 12.5. The molecule has 0 unspecified atom stereocenters. The molecule has 1 N–H and O–H groups in total. The van der Waals surface area contributed by atoms with E-state index >= 15 is 0 Å². The zero-order chi connectivity index (χ0) is 21.3. The van der Waals surface area contributed by atoms with Gasteiger partial charge < -0.3 is 15.0 Å². The zero-order valence-corrected chi connectivity index (χ0v) is 19.5. The van der Waals surface area contributed by atoms with E-state index in [1.54, 1.807) is 22.9 Å². The quantitative estimate of drug-likeness (QED) is 0.469. The summed E-state index contributed by atoms with van der Waals surface area (Å²) in [6.07, 6.45) is 11.4. The molecule has 7 nitrogen and oxygen atoms in total. The summed E-state index contributed by atoms with van der Waals surface area (Å²) in [4.78, 5) is 23.2. The molecule has 31 heavy (non-hydrogen) atoms. The Bertz CT molecular complexity index is 998. The van der Waals surface area contributed by atoms with Gasteiger partial charge in [0.15, 0.2) is 5.88 Å². The SMILES string of the molecule is Cc1nc(NC2CCCC2)ccc1-n1ccccc1=O.FC(F)Oc1cn[c-]cn1.[Na+]. The Morgan fingerprint density at radius 3 is 2.61 bits per heavy atom. The molecule has 0 radical (unpaired) electrons. The number of hydrogen-bond donors (Lipinski definition) is 1. The van der Waals surface area contributed by atoms with Crippen LogP contribution in [0.15, 0.2) is 53.7 Å². The third kappa shape index (κ3) is 7.68. The number of aromatic nitrogens is 4. The second-order valence-electron chi connectivity index (χ2n) is 6.70. The Morgan fingerprint density at radius 1 is 1.23 bits per heavy atom. The van der Waals surface area contributed by atoms with Crippen molar-refractivity contribution in [1.29, 1.82) is 0 Å². The first-order valence-electron chi connectivity index (χ1n) is 9.58. The summed E-state index contributed by atoms with van der Waals surface area (Å²) in [5, 5.41) is 3.48. The average Bonchev–Trinajstić information content (AvgIpc) is 3.23.